The summed E-state index contributed by atoms with van der Waals surface area (Å²) in [6, 6.07) is 23.1. The number of hydrogen-bond acceptors (Lipinski definition) is 2. The van der Waals surface area contributed by atoms with E-state index in [0.29, 0.717) is 33.1 Å². The summed E-state index contributed by atoms with van der Waals surface area (Å²) in [5, 5.41) is -8.13. The second-order valence-corrected chi connectivity index (χ2v) is 13.3. The van der Waals surface area contributed by atoms with Gasteiger partial charge in [-0.05, 0) is 33.7 Å². The first kappa shape index (κ1) is 34.6. The highest BCUT2D eigenvalue weighted by molar-refractivity contribution is 6.28. The molecule has 10 rings (SSSR count). The zero-order chi connectivity index (χ0) is 39.8. The number of pyridine rings is 2. The summed E-state index contributed by atoms with van der Waals surface area (Å²) in [4.78, 5) is 9.45. The van der Waals surface area contributed by atoms with Crippen molar-refractivity contribution in [3.63, 3.8) is 0 Å². The molecule has 8 aromatic carbocycles. The second kappa shape index (κ2) is 12.1. The molecule has 57 heavy (non-hydrogen) atoms. The van der Waals surface area contributed by atoms with E-state index in [1.165, 1.54) is 24.3 Å². The van der Waals surface area contributed by atoms with Crippen molar-refractivity contribution in [2.24, 2.45) is 0 Å². The van der Waals surface area contributed by atoms with Crippen molar-refractivity contribution < 1.29 is 48.3 Å². The first-order valence-electron chi connectivity index (χ1n) is 16.9. The lowest BCUT2D eigenvalue weighted by Gasteiger charge is -2.21. The first-order chi connectivity index (χ1) is 27.4. The monoisotopic (exact) mass is 780 g/mol. The van der Waals surface area contributed by atoms with Crippen molar-refractivity contribution in [1.82, 2.24) is 9.97 Å². The fourth-order valence-corrected chi connectivity index (χ4v) is 8.09. The molecule has 0 radical (unpaired) electrons. The Morgan fingerprint density at radius 2 is 0.684 bits per heavy atom. The molecule has 0 N–H and O–H groups in total. The van der Waals surface area contributed by atoms with Crippen LogP contribution < -0.4 is 0 Å². The third-order valence-corrected chi connectivity index (χ3v) is 10.5. The maximum absolute atomic E-state index is 17.5. The van der Waals surface area contributed by atoms with Gasteiger partial charge in [0.05, 0.1) is 22.3 Å². The van der Waals surface area contributed by atoms with Crippen LogP contribution in [0.25, 0.3) is 98.1 Å². The van der Waals surface area contributed by atoms with Crippen LogP contribution >= 0.6 is 0 Å². The van der Waals surface area contributed by atoms with Crippen molar-refractivity contribution in [2.45, 2.75) is 0 Å². The standard InChI is InChI=1S/C44H15F11N2/c45-32-25-26(28-30(37(50)42(55)40(53)35(28)48)29-27(25)34(47)39(52)41(54)36(29)49)33(46)38(51)31(32)24-20-9-3-1-7-18(20)23(19-8-2-4-10-21(19)24)22-14-13-17-12-11-16-6-5-15-56-43(16)44(17)57-22/h1-15H. The van der Waals surface area contributed by atoms with E-state index in [1.807, 2.05) is 24.3 Å². The summed E-state index contributed by atoms with van der Waals surface area (Å²) in [7, 11) is 0. The van der Waals surface area contributed by atoms with Crippen LogP contribution in [-0.2, 0) is 0 Å². The van der Waals surface area contributed by atoms with E-state index in [-0.39, 0.29) is 16.3 Å². The fourth-order valence-electron chi connectivity index (χ4n) is 8.09. The van der Waals surface area contributed by atoms with Gasteiger partial charge in [0, 0.05) is 60.4 Å². The topological polar surface area (TPSA) is 25.8 Å². The van der Waals surface area contributed by atoms with Gasteiger partial charge < -0.3 is 0 Å². The van der Waals surface area contributed by atoms with Crippen molar-refractivity contribution >= 4 is 75.7 Å². The predicted molar refractivity (Wildman–Crippen MR) is 195 cm³/mol. The van der Waals surface area contributed by atoms with Crippen LogP contribution in [0, 0.1) is 64.0 Å². The number of fused-ring (bicyclic) bond motifs is 11. The number of halogens is 11. The minimum Gasteiger partial charge on any atom is -0.254 e. The molecule has 0 amide bonds. The van der Waals surface area contributed by atoms with E-state index in [0.717, 1.165) is 10.8 Å². The lowest BCUT2D eigenvalue weighted by atomic mass is 9.84. The number of rotatable bonds is 2. The summed E-state index contributed by atoms with van der Waals surface area (Å²) in [5.41, 5.74) is 0.352. The van der Waals surface area contributed by atoms with Gasteiger partial charge in [0.1, 0.15) is 5.82 Å². The zero-order valence-corrected chi connectivity index (χ0v) is 28.2. The van der Waals surface area contributed by atoms with Crippen LogP contribution in [0.15, 0.2) is 91.1 Å². The molecule has 2 nitrogen and oxygen atoms in total. The largest absolute Gasteiger partial charge is 0.254 e. The molecule has 0 saturated carbocycles. The number of hydrogen-bond donors (Lipinski definition) is 0. The van der Waals surface area contributed by atoms with Gasteiger partial charge in [-0.2, -0.15) is 0 Å². The smallest absolute Gasteiger partial charge is 0.198 e. The van der Waals surface area contributed by atoms with E-state index in [9.17, 15) is 17.6 Å². The molecule has 2 heterocycles. The highest BCUT2D eigenvalue weighted by Crippen LogP contribution is 2.50. The van der Waals surface area contributed by atoms with E-state index >= 15 is 30.7 Å². The van der Waals surface area contributed by atoms with Crippen molar-refractivity contribution in [1.29, 1.82) is 0 Å². The summed E-state index contributed by atoms with van der Waals surface area (Å²) < 4.78 is 172. The predicted octanol–water partition coefficient (Wildman–Crippen LogP) is 13.4. The molecule has 10 aromatic rings. The van der Waals surface area contributed by atoms with E-state index in [1.54, 1.807) is 42.6 Å². The lowest BCUT2D eigenvalue weighted by molar-refractivity contribution is 0.415. The van der Waals surface area contributed by atoms with Crippen molar-refractivity contribution in [3.05, 3.63) is 155 Å². The van der Waals surface area contributed by atoms with Crippen molar-refractivity contribution in [2.75, 3.05) is 0 Å². The molecule has 0 aliphatic rings. The Kier molecular flexibility index (Phi) is 7.31. The van der Waals surface area contributed by atoms with Gasteiger partial charge in [-0.3, -0.25) is 4.98 Å². The molecule has 2 aromatic heterocycles. The molecule has 0 aliphatic heterocycles. The quantitative estimate of drug-likeness (QED) is 0.0574. The molecule has 0 bridgehead atoms. The Bertz CT molecular complexity index is 3390. The van der Waals surface area contributed by atoms with Gasteiger partial charge in [0.2, 0.25) is 0 Å². The summed E-state index contributed by atoms with van der Waals surface area (Å²) in [6.07, 6.45) is 1.61. The molecule has 0 aliphatic carbocycles. The van der Waals surface area contributed by atoms with E-state index in [2.05, 4.69) is 4.98 Å². The highest BCUT2D eigenvalue weighted by Gasteiger charge is 2.36. The number of benzene rings is 8. The Balaban J connectivity index is 1.41. The molecule has 0 atom stereocenters. The molecule has 0 saturated heterocycles. The van der Waals surface area contributed by atoms with Crippen LogP contribution in [-0.4, -0.2) is 9.97 Å². The summed E-state index contributed by atoms with van der Waals surface area (Å²) in [5.74, 6) is -26.5. The molecular weight excluding hydrogens is 765 g/mol. The molecule has 0 fully saturated rings. The lowest BCUT2D eigenvalue weighted by Crippen LogP contribution is -2.08. The minimum absolute atomic E-state index is 0.0556. The van der Waals surface area contributed by atoms with Crippen LogP contribution in [0.2, 0.25) is 0 Å². The van der Waals surface area contributed by atoms with Crippen molar-refractivity contribution in [3.8, 4) is 22.4 Å². The second-order valence-electron chi connectivity index (χ2n) is 13.3. The van der Waals surface area contributed by atoms with Crippen LogP contribution in [0.5, 0.6) is 0 Å². The maximum Gasteiger partial charge on any atom is 0.198 e. The minimum atomic E-state index is -2.62. The average molecular weight is 781 g/mol. The summed E-state index contributed by atoms with van der Waals surface area (Å²) in [6.45, 7) is 0. The molecule has 0 spiro atoms. The molecule has 0 unspecified atom stereocenters. The maximum atomic E-state index is 17.5. The summed E-state index contributed by atoms with van der Waals surface area (Å²) >= 11 is 0. The SMILES string of the molecule is Fc1c(F)c(F)c2c(c1F)c1c(F)c(F)c(F)c(F)c1c1c(F)c(-c3c4ccccc4c(-c4ccc5ccc6cccnc6c5n4)c4ccccc34)c(F)c(F)c21. The number of aromatic nitrogens is 2. The Morgan fingerprint density at radius 3 is 1.16 bits per heavy atom. The van der Waals surface area contributed by atoms with E-state index in [4.69, 9.17) is 4.98 Å². The molecular formula is C44H15F11N2. The van der Waals surface area contributed by atoms with Crippen LogP contribution in [0.1, 0.15) is 0 Å². The third kappa shape index (κ3) is 4.47. The first-order valence-corrected chi connectivity index (χ1v) is 16.9. The van der Waals surface area contributed by atoms with Gasteiger partial charge in [0.25, 0.3) is 0 Å². The Morgan fingerprint density at radius 1 is 0.298 bits per heavy atom. The van der Waals surface area contributed by atoms with Gasteiger partial charge in [-0.15, -0.1) is 0 Å². The van der Waals surface area contributed by atoms with Gasteiger partial charge in [-0.1, -0.05) is 72.8 Å². The van der Waals surface area contributed by atoms with Crippen LogP contribution in [0.3, 0.4) is 0 Å². The third-order valence-electron chi connectivity index (χ3n) is 10.5. The molecule has 13 heteroatoms. The Labute approximate surface area is 311 Å². The van der Waals surface area contributed by atoms with Gasteiger partial charge in [0.15, 0.2) is 58.2 Å². The van der Waals surface area contributed by atoms with E-state index < -0.39 is 102 Å². The van der Waals surface area contributed by atoms with Crippen LogP contribution in [0.4, 0.5) is 48.3 Å². The number of nitrogens with zero attached hydrogens (tertiary/aromatic N) is 2. The van der Waals surface area contributed by atoms with Gasteiger partial charge >= 0.3 is 0 Å². The zero-order valence-electron chi connectivity index (χ0n) is 28.2. The Hall–Kier alpha value is -6.89. The normalized spacial score (nSPS) is 12.1. The molecule has 278 valence electrons. The fraction of sp³-hybridized carbons (Fsp3) is 0. The van der Waals surface area contributed by atoms with Gasteiger partial charge in [-0.25, -0.2) is 53.3 Å². The average Bonchev–Trinajstić information content (AvgIpc) is 3.23. The highest BCUT2D eigenvalue weighted by atomic mass is 19.2.